The van der Waals surface area contributed by atoms with Crippen LogP contribution >= 0.6 is 0 Å². The fourth-order valence-corrected chi connectivity index (χ4v) is 5.96. The van der Waals surface area contributed by atoms with Gasteiger partial charge in [0.2, 0.25) is 0 Å². The van der Waals surface area contributed by atoms with E-state index in [1.165, 1.54) is 28.7 Å². The number of amides is 1. The summed E-state index contributed by atoms with van der Waals surface area (Å²) in [6.07, 6.45) is 2.02. The van der Waals surface area contributed by atoms with Crippen LogP contribution < -0.4 is 31.4 Å². The van der Waals surface area contributed by atoms with Gasteiger partial charge >= 0.3 is 6.09 Å². The first-order chi connectivity index (χ1) is 18.9. The zero-order valence-electron chi connectivity index (χ0n) is 22.8. The molecule has 0 radical (unpaired) electrons. The van der Waals surface area contributed by atoms with Crippen LogP contribution in [-0.2, 0) is 17.7 Å². The van der Waals surface area contributed by atoms with Gasteiger partial charge < -0.3 is 35.7 Å². The zero-order chi connectivity index (χ0) is 27.4. The fraction of sp³-hybridized carbons (Fsp3) is 0.387. The molecule has 3 fully saturated rings. The molecule has 40 heavy (non-hydrogen) atoms. The quantitative estimate of drug-likeness (QED) is 0.347. The number of quaternary nitrogens is 1. The molecule has 3 aromatic rings. The molecule has 0 spiro atoms. The van der Waals surface area contributed by atoms with Crippen molar-refractivity contribution in [1.29, 1.82) is 0 Å². The van der Waals surface area contributed by atoms with E-state index in [1.807, 2.05) is 12.1 Å². The molecule has 0 aliphatic carbocycles. The molecule has 1 atom stereocenters. The van der Waals surface area contributed by atoms with Crippen LogP contribution in [-0.4, -0.2) is 57.1 Å². The Bertz CT molecular complexity index is 1300. The number of methoxy groups -OCH3 is 2. The second-order valence-electron chi connectivity index (χ2n) is 10.6. The van der Waals surface area contributed by atoms with E-state index in [0.29, 0.717) is 23.0 Å². The van der Waals surface area contributed by atoms with E-state index in [-0.39, 0.29) is 41.1 Å². The molecule has 2 bridgehead atoms. The number of rotatable bonds is 9. The summed E-state index contributed by atoms with van der Waals surface area (Å²) >= 11 is 0. The normalized spacial score (nSPS) is 21.3. The van der Waals surface area contributed by atoms with Crippen molar-refractivity contribution in [3.8, 4) is 11.5 Å². The number of fused-ring (bicyclic) bond motifs is 3. The van der Waals surface area contributed by atoms with Crippen molar-refractivity contribution >= 4 is 11.8 Å². The van der Waals surface area contributed by atoms with Crippen LogP contribution in [0, 0.1) is 17.6 Å². The van der Waals surface area contributed by atoms with Crippen LogP contribution in [0.4, 0.5) is 19.3 Å². The molecular formula is C31H35BrF2N2O4. The van der Waals surface area contributed by atoms with Gasteiger partial charge in [-0.25, -0.2) is 13.6 Å². The first-order valence-corrected chi connectivity index (χ1v) is 13.4. The third-order valence-electron chi connectivity index (χ3n) is 8.23. The minimum absolute atomic E-state index is 0. The smallest absolute Gasteiger partial charge is 0.415 e. The maximum absolute atomic E-state index is 14.8. The fourth-order valence-electron chi connectivity index (χ4n) is 5.96. The Morgan fingerprint density at radius 1 is 0.925 bits per heavy atom. The number of piperidine rings is 3. The first-order valence-electron chi connectivity index (χ1n) is 13.4. The number of hydrogen-bond donors (Lipinski definition) is 0. The molecule has 1 amide bonds. The van der Waals surface area contributed by atoms with Crippen LogP contribution in [0.1, 0.15) is 24.0 Å². The van der Waals surface area contributed by atoms with E-state index in [0.717, 1.165) is 49.9 Å². The van der Waals surface area contributed by atoms with Crippen LogP contribution in [0.5, 0.6) is 11.5 Å². The summed E-state index contributed by atoms with van der Waals surface area (Å²) in [4.78, 5) is 14.9. The molecular weight excluding hydrogens is 582 g/mol. The lowest BCUT2D eigenvalue weighted by molar-refractivity contribution is -0.945. The lowest BCUT2D eigenvalue weighted by Gasteiger charge is -2.52. The molecule has 6 nitrogen and oxygen atoms in total. The molecule has 3 heterocycles. The third kappa shape index (κ3) is 6.58. The Morgan fingerprint density at radius 3 is 2.27 bits per heavy atom. The van der Waals surface area contributed by atoms with Gasteiger partial charge in [-0.15, -0.1) is 0 Å². The van der Waals surface area contributed by atoms with Gasteiger partial charge in [-0.1, -0.05) is 30.3 Å². The second-order valence-corrected chi connectivity index (χ2v) is 10.6. The number of carbonyl (C=O) groups excluding carboxylic acids is 1. The minimum Gasteiger partial charge on any atom is -1.00 e. The van der Waals surface area contributed by atoms with Gasteiger partial charge in [-0.05, 0) is 47.5 Å². The molecule has 3 aliphatic rings. The second kappa shape index (κ2) is 13.0. The van der Waals surface area contributed by atoms with Crippen molar-refractivity contribution in [3.05, 3.63) is 89.5 Å². The third-order valence-corrected chi connectivity index (χ3v) is 8.23. The van der Waals surface area contributed by atoms with Crippen LogP contribution in [0.15, 0.2) is 66.7 Å². The van der Waals surface area contributed by atoms with Crippen molar-refractivity contribution in [3.63, 3.8) is 0 Å². The summed E-state index contributed by atoms with van der Waals surface area (Å²) in [6.45, 7) is 3.86. The molecule has 0 saturated carbocycles. The standard InChI is InChI=1S/C31H35F2N2O4.BrH/c1-37-28-12-9-22(19-29(28)38-2)13-16-35-17-14-24(15-18-35)30(21-35)39-31(36)34(27-6-4-3-5-26(27)33)20-23-7-10-25(32)11-8-23;/h3-12,19,24,30H,13-18,20-21H2,1-2H3;1H/q+1;/p-1/t24?,30-,35?;/m0./s1. The molecule has 6 rings (SSSR count). The zero-order valence-corrected chi connectivity index (χ0v) is 24.4. The SMILES string of the molecule is COc1ccc(CC[N+]23CCC(CC2)[C@@H](OC(=O)N(Cc2ccc(F)cc2)c2ccccc2F)C3)cc1OC.[Br-]. The highest BCUT2D eigenvalue weighted by atomic mass is 79.9. The Kier molecular flexibility index (Phi) is 9.68. The molecule has 0 aromatic heterocycles. The first kappa shape index (κ1) is 29.8. The van der Waals surface area contributed by atoms with Crippen molar-refractivity contribution in [2.45, 2.75) is 31.9 Å². The van der Waals surface area contributed by atoms with Crippen LogP contribution in [0.25, 0.3) is 0 Å². The van der Waals surface area contributed by atoms with Gasteiger partial charge in [-0.3, -0.25) is 4.90 Å². The van der Waals surface area contributed by atoms with Crippen LogP contribution in [0.3, 0.4) is 0 Å². The van der Waals surface area contributed by atoms with E-state index in [1.54, 1.807) is 44.6 Å². The summed E-state index contributed by atoms with van der Waals surface area (Å²) in [5.41, 5.74) is 2.00. The van der Waals surface area contributed by atoms with Crippen molar-refractivity contribution in [2.75, 3.05) is 45.3 Å². The summed E-state index contributed by atoms with van der Waals surface area (Å²) in [7, 11) is 3.26. The Balaban J connectivity index is 0.00000370. The number of ether oxygens (including phenoxy) is 3. The lowest BCUT2D eigenvalue weighted by atomic mass is 9.83. The highest BCUT2D eigenvalue weighted by molar-refractivity contribution is 5.87. The number of hydrogen-bond acceptors (Lipinski definition) is 4. The predicted octanol–water partition coefficient (Wildman–Crippen LogP) is 2.98. The Labute approximate surface area is 244 Å². The van der Waals surface area contributed by atoms with Gasteiger partial charge in [0.05, 0.1) is 46.1 Å². The summed E-state index contributed by atoms with van der Waals surface area (Å²) < 4.78 is 46.1. The lowest BCUT2D eigenvalue weighted by Crippen LogP contribution is -3.00. The molecule has 9 heteroatoms. The van der Waals surface area contributed by atoms with Gasteiger partial charge in [0.25, 0.3) is 0 Å². The summed E-state index contributed by atoms with van der Waals surface area (Å²) in [5.74, 6) is 0.841. The molecule has 3 saturated heterocycles. The Morgan fingerprint density at radius 2 is 1.60 bits per heavy atom. The number of anilines is 1. The highest BCUT2D eigenvalue weighted by Crippen LogP contribution is 2.37. The molecule has 214 valence electrons. The number of carbonyl (C=O) groups is 1. The van der Waals surface area contributed by atoms with Gasteiger partial charge in [0, 0.05) is 25.2 Å². The topological polar surface area (TPSA) is 48.0 Å². The van der Waals surface area contributed by atoms with Gasteiger partial charge in [0.1, 0.15) is 18.2 Å². The van der Waals surface area contributed by atoms with E-state index >= 15 is 0 Å². The average Bonchev–Trinajstić information content (AvgIpc) is 2.96. The largest absolute Gasteiger partial charge is 1.00 e. The Hall–Kier alpha value is -3.17. The van der Waals surface area contributed by atoms with Gasteiger partial charge in [-0.2, -0.15) is 0 Å². The maximum atomic E-state index is 14.8. The highest BCUT2D eigenvalue weighted by Gasteiger charge is 2.47. The summed E-state index contributed by atoms with van der Waals surface area (Å²) in [5, 5.41) is 0. The molecule has 3 aromatic carbocycles. The summed E-state index contributed by atoms with van der Waals surface area (Å²) in [6, 6.07) is 18.0. The van der Waals surface area contributed by atoms with Crippen molar-refractivity contribution in [1.82, 2.24) is 0 Å². The van der Waals surface area contributed by atoms with E-state index in [2.05, 4.69) is 6.07 Å². The monoisotopic (exact) mass is 616 g/mol. The van der Waals surface area contributed by atoms with E-state index in [9.17, 15) is 13.6 Å². The number of benzene rings is 3. The van der Waals surface area contributed by atoms with Crippen LogP contribution in [0.2, 0.25) is 0 Å². The van der Waals surface area contributed by atoms with Crippen molar-refractivity contribution in [2.24, 2.45) is 5.92 Å². The van der Waals surface area contributed by atoms with Gasteiger partial charge in [0.15, 0.2) is 17.6 Å². The minimum atomic E-state index is -0.582. The number of nitrogens with zero attached hydrogens (tertiary/aromatic N) is 2. The molecule has 0 N–H and O–H groups in total. The maximum Gasteiger partial charge on any atom is 0.415 e. The van der Waals surface area contributed by atoms with E-state index < -0.39 is 11.9 Å². The molecule has 3 aliphatic heterocycles. The number of para-hydroxylation sites is 1. The van der Waals surface area contributed by atoms with E-state index in [4.69, 9.17) is 14.2 Å². The molecule has 0 unspecified atom stereocenters. The predicted molar refractivity (Wildman–Crippen MR) is 145 cm³/mol. The number of halogens is 3. The average molecular weight is 618 g/mol. The van der Waals surface area contributed by atoms with Crippen molar-refractivity contribution < 1.29 is 49.3 Å².